The fourth-order valence-electron chi connectivity index (χ4n) is 0.799. The Morgan fingerprint density at radius 1 is 1.69 bits per heavy atom. The number of aryl methyl sites for hydroxylation is 1. The van der Waals surface area contributed by atoms with Crippen LogP contribution in [-0.2, 0) is 18.3 Å². The lowest BCUT2D eigenvalue weighted by Gasteiger charge is -2.00. The molecule has 1 rings (SSSR count). The van der Waals surface area contributed by atoms with Crippen LogP contribution in [0.5, 0.6) is 0 Å². The van der Waals surface area contributed by atoms with Gasteiger partial charge in [0.25, 0.3) is 0 Å². The molecule has 0 aliphatic heterocycles. The fourth-order valence-corrected chi connectivity index (χ4v) is 0.799. The number of carbonyl (C=O) groups excluding carboxylic acids is 1. The maximum absolute atomic E-state index is 11.1. The average molecular weight is 185 g/mol. The summed E-state index contributed by atoms with van der Waals surface area (Å²) in [6.45, 7) is 0.187. The summed E-state index contributed by atoms with van der Waals surface area (Å²) in [5.41, 5.74) is 0. The van der Waals surface area contributed by atoms with E-state index in [1.54, 1.807) is 7.05 Å². The van der Waals surface area contributed by atoms with Crippen molar-refractivity contribution in [3.05, 3.63) is 5.82 Å². The highest BCUT2D eigenvalue weighted by molar-refractivity contribution is 5.77. The first kappa shape index (κ1) is 9.59. The van der Waals surface area contributed by atoms with E-state index in [1.807, 2.05) is 0 Å². The highest BCUT2D eigenvalue weighted by atomic mass is 16.3. The number of tetrazole rings is 1. The summed E-state index contributed by atoms with van der Waals surface area (Å²) in [4.78, 5) is 11.1. The molecule has 0 saturated heterocycles. The van der Waals surface area contributed by atoms with Crippen LogP contribution < -0.4 is 5.32 Å². The van der Waals surface area contributed by atoms with Crippen LogP contribution in [-0.4, -0.2) is 44.4 Å². The van der Waals surface area contributed by atoms with Crippen LogP contribution in [0.1, 0.15) is 5.82 Å². The molecule has 1 amide bonds. The third-order valence-electron chi connectivity index (χ3n) is 1.46. The Kier molecular flexibility index (Phi) is 3.32. The van der Waals surface area contributed by atoms with Gasteiger partial charge in [-0.3, -0.25) is 4.79 Å². The van der Waals surface area contributed by atoms with E-state index in [2.05, 4.69) is 20.8 Å². The number of carbonyl (C=O) groups is 1. The van der Waals surface area contributed by atoms with Crippen molar-refractivity contribution in [2.75, 3.05) is 13.2 Å². The standard InChI is InChI=1S/C6H11N5O2/c1-11-5(8-9-10-11)4-6(13)7-2-3-12/h12H,2-4H2,1H3,(H,7,13). The van der Waals surface area contributed by atoms with Crippen molar-refractivity contribution >= 4 is 5.91 Å². The Bertz CT molecular complexity index is 284. The molecule has 0 aromatic carbocycles. The first-order valence-electron chi connectivity index (χ1n) is 3.83. The summed E-state index contributed by atoms with van der Waals surface area (Å²) in [6, 6.07) is 0. The SMILES string of the molecule is Cn1nnnc1CC(=O)NCCO. The van der Waals surface area contributed by atoms with Crippen molar-refractivity contribution in [1.29, 1.82) is 0 Å². The topological polar surface area (TPSA) is 92.9 Å². The quantitative estimate of drug-likeness (QED) is 0.558. The number of aliphatic hydroxyl groups excluding tert-OH is 1. The maximum Gasteiger partial charge on any atom is 0.227 e. The molecule has 0 unspecified atom stereocenters. The van der Waals surface area contributed by atoms with Crippen molar-refractivity contribution in [2.45, 2.75) is 6.42 Å². The number of aromatic nitrogens is 4. The van der Waals surface area contributed by atoms with E-state index < -0.39 is 0 Å². The molecule has 0 radical (unpaired) electrons. The highest BCUT2D eigenvalue weighted by Crippen LogP contribution is 1.89. The number of rotatable bonds is 4. The minimum Gasteiger partial charge on any atom is -0.395 e. The van der Waals surface area contributed by atoms with Gasteiger partial charge in [-0.25, -0.2) is 4.68 Å². The van der Waals surface area contributed by atoms with Gasteiger partial charge in [0.2, 0.25) is 5.91 Å². The maximum atomic E-state index is 11.1. The average Bonchev–Trinajstić information content (AvgIpc) is 2.48. The molecule has 1 heterocycles. The molecule has 1 aromatic rings. The molecule has 7 nitrogen and oxygen atoms in total. The summed E-state index contributed by atoms with van der Waals surface area (Å²) < 4.78 is 1.43. The van der Waals surface area contributed by atoms with Crippen LogP contribution in [0.4, 0.5) is 0 Å². The van der Waals surface area contributed by atoms with Crippen molar-refractivity contribution in [2.24, 2.45) is 7.05 Å². The molecule has 0 fully saturated rings. The Balaban J connectivity index is 2.41. The van der Waals surface area contributed by atoms with E-state index >= 15 is 0 Å². The lowest BCUT2D eigenvalue weighted by atomic mass is 10.4. The zero-order valence-electron chi connectivity index (χ0n) is 7.27. The Labute approximate surface area is 74.7 Å². The lowest BCUT2D eigenvalue weighted by Crippen LogP contribution is -2.28. The van der Waals surface area contributed by atoms with E-state index in [-0.39, 0.29) is 25.5 Å². The molecule has 0 atom stereocenters. The second-order valence-corrected chi connectivity index (χ2v) is 2.47. The van der Waals surface area contributed by atoms with Crippen LogP contribution in [0.25, 0.3) is 0 Å². The predicted molar refractivity (Wildman–Crippen MR) is 42.6 cm³/mol. The van der Waals surface area contributed by atoms with Crippen LogP contribution in [0.15, 0.2) is 0 Å². The molecule has 0 spiro atoms. The minimum atomic E-state index is -0.202. The smallest absolute Gasteiger partial charge is 0.227 e. The Morgan fingerprint density at radius 3 is 3.00 bits per heavy atom. The van der Waals surface area contributed by atoms with E-state index in [4.69, 9.17) is 5.11 Å². The molecule has 1 aromatic heterocycles. The van der Waals surface area contributed by atoms with Gasteiger partial charge in [-0.15, -0.1) is 5.10 Å². The normalized spacial score (nSPS) is 10.0. The van der Waals surface area contributed by atoms with Crippen LogP contribution in [0, 0.1) is 0 Å². The van der Waals surface area contributed by atoms with Gasteiger partial charge >= 0.3 is 0 Å². The van der Waals surface area contributed by atoms with Crippen LogP contribution in [0.3, 0.4) is 0 Å². The third-order valence-corrected chi connectivity index (χ3v) is 1.46. The van der Waals surface area contributed by atoms with Gasteiger partial charge in [0.15, 0.2) is 5.82 Å². The molecule has 13 heavy (non-hydrogen) atoms. The predicted octanol–water partition coefficient (Wildman–Crippen LogP) is -2.14. The lowest BCUT2D eigenvalue weighted by molar-refractivity contribution is -0.120. The molecule has 0 aliphatic carbocycles. The second kappa shape index (κ2) is 4.51. The van der Waals surface area contributed by atoms with E-state index in [9.17, 15) is 4.79 Å². The number of amides is 1. The molecule has 2 N–H and O–H groups in total. The number of nitrogens with zero attached hydrogens (tertiary/aromatic N) is 4. The largest absolute Gasteiger partial charge is 0.395 e. The van der Waals surface area contributed by atoms with E-state index in [1.165, 1.54) is 4.68 Å². The van der Waals surface area contributed by atoms with Gasteiger partial charge in [0, 0.05) is 13.6 Å². The van der Waals surface area contributed by atoms with Crippen molar-refractivity contribution < 1.29 is 9.90 Å². The Morgan fingerprint density at radius 2 is 2.46 bits per heavy atom. The number of hydrogen-bond acceptors (Lipinski definition) is 5. The zero-order chi connectivity index (χ0) is 9.68. The summed E-state index contributed by atoms with van der Waals surface area (Å²) in [5.74, 6) is 0.294. The van der Waals surface area contributed by atoms with Gasteiger partial charge < -0.3 is 10.4 Å². The number of aliphatic hydroxyl groups is 1. The van der Waals surface area contributed by atoms with E-state index in [0.29, 0.717) is 5.82 Å². The molecular weight excluding hydrogens is 174 g/mol. The zero-order valence-corrected chi connectivity index (χ0v) is 7.27. The minimum absolute atomic E-state index is 0.0667. The van der Waals surface area contributed by atoms with E-state index in [0.717, 1.165) is 0 Å². The second-order valence-electron chi connectivity index (χ2n) is 2.47. The summed E-state index contributed by atoms with van der Waals surface area (Å²) in [5, 5.41) is 21.5. The fraction of sp³-hybridized carbons (Fsp3) is 0.667. The first-order chi connectivity index (χ1) is 6.24. The van der Waals surface area contributed by atoms with Gasteiger partial charge in [0.1, 0.15) is 0 Å². The number of nitrogens with one attached hydrogen (secondary N) is 1. The van der Waals surface area contributed by atoms with Gasteiger partial charge in [-0.1, -0.05) is 0 Å². The summed E-state index contributed by atoms with van der Waals surface area (Å²) >= 11 is 0. The molecule has 72 valence electrons. The monoisotopic (exact) mass is 185 g/mol. The molecule has 0 aliphatic rings. The van der Waals surface area contributed by atoms with Crippen molar-refractivity contribution in [1.82, 2.24) is 25.5 Å². The van der Waals surface area contributed by atoms with Crippen molar-refractivity contribution in [3.63, 3.8) is 0 Å². The summed E-state index contributed by atoms with van der Waals surface area (Å²) in [6.07, 6.45) is 0.128. The molecular formula is C6H11N5O2. The van der Waals surface area contributed by atoms with Crippen LogP contribution >= 0.6 is 0 Å². The Hall–Kier alpha value is -1.50. The first-order valence-corrected chi connectivity index (χ1v) is 3.83. The summed E-state index contributed by atoms with van der Waals surface area (Å²) in [7, 11) is 1.66. The third kappa shape index (κ3) is 2.79. The van der Waals surface area contributed by atoms with Gasteiger partial charge in [-0.05, 0) is 10.4 Å². The van der Waals surface area contributed by atoms with Gasteiger partial charge in [-0.2, -0.15) is 0 Å². The highest BCUT2D eigenvalue weighted by Gasteiger charge is 2.07. The molecule has 0 bridgehead atoms. The molecule has 0 saturated carbocycles. The van der Waals surface area contributed by atoms with Crippen molar-refractivity contribution in [3.8, 4) is 0 Å². The number of hydrogen-bond donors (Lipinski definition) is 2. The molecule has 7 heteroatoms. The van der Waals surface area contributed by atoms with Crippen LogP contribution in [0.2, 0.25) is 0 Å². The van der Waals surface area contributed by atoms with Gasteiger partial charge in [0.05, 0.1) is 13.0 Å².